The molecule has 1 nitrogen and oxygen atoms in total. The average Bonchev–Trinajstić information content (AvgIpc) is 2.26. The lowest BCUT2D eigenvalue weighted by molar-refractivity contribution is -0.137. The molecule has 1 rings (SSSR count). The highest BCUT2D eigenvalue weighted by Crippen LogP contribution is 2.29. The van der Waals surface area contributed by atoms with Crippen LogP contribution in [0.5, 0.6) is 0 Å². The third-order valence-corrected chi connectivity index (χ3v) is 3.34. The molecule has 1 atom stereocenters. The molecule has 0 aliphatic rings. The van der Waals surface area contributed by atoms with Crippen LogP contribution in [-0.4, -0.2) is 17.5 Å². The van der Waals surface area contributed by atoms with Crippen LogP contribution in [0.1, 0.15) is 19.4 Å². The summed E-state index contributed by atoms with van der Waals surface area (Å²) in [6.45, 7) is 4.09. The van der Waals surface area contributed by atoms with Gasteiger partial charge in [0.2, 0.25) is 0 Å². The number of thioether (sulfide) groups is 1. The minimum Gasteiger partial charge on any atom is -0.382 e. The van der Waals surface area contributed by atoms with E-state index < -0.39 is 11.7 Å². The van der Waals surface area contributed by atoms with Crippen molar-refractivity contribution in [1.29, 1.82) is 0 Å². The molecule has 0 saturated heterocycles. The minimum absolute atomic E-state index is 0.247. The molecule has 0 fully saturated rings. The lowest BCUT2D eigenvalue weighted by atomic mass is 10.2. The van der Waals surface area contributed by atoms with Gasteiger partial charge in [-0.05, 0) is 36.9 Å². The lowest BCUT2D eigenvalue weighted by Gasteiger charge is -2.15. The molecule has 5 heteroatoms. The van der Waals surface area contributed by atoms with Gasteiger partial charge in [0, 0.05) is 17.5 Å². The number of hydrogen-bond acceptors (Lipinski definition) is 2. The van der Waals surface area contributed by atoms with E-state index in [0.717, 1.165) is 29.3 Å². The van der Waals surface area contributed by atoms with E-state index in [1.54, 1.807) is 11.8 Å². The Morgan fingerprint density at radius 3 is 2.29 bits per heavy atom. The quantitative estimate of drug-likeness (QED) is 0.852. The molecule has 1 N–H and O–H groups in total. The Kier molecular flexibility index (Phi) is 5.18. The Balaban J connectivity index is 2.56. The fourth-order valence-electron chi connectivity index (χ4n) is 1.38. The van der Waals surface area contributed by atoms with E-state index >= 15 is 0 Å². The highest BCUT2D eigenvalue weighted by Gasteiger charge is 2.29. The molecule has 0 aliphatic heterocycles. The summed E-state index contributed by atoms with van der Waals surface area (Å²) in [5, 5.41) is 3.17. The average molecular weight is 263 g/mol. The molecule has 1 aromatic rings. The smallest absolute Gasteiger partial charge is 0.382 e. The van der Waals surface area contributed by atoms with Crippen LogP contribution in [0.15, 0.2) is 24.3 Å². The SMILES string of the molecule is CCSCC(C)Nc1ccc(C(F)(F)F)cc1. The summed E-state index contributed by atoms with van der Waals surface area (Å²) in [5.74, 6) is 1.98. The second kappa shape index (κ2) is 6.19. The topological polar surface area (TPSA) is 12.0 Å². The molecule has 96 valence electrons. The summed E-state index contributed by atoms with van der Waals surface area (Å²) < 4.78 is 37.0. The Morgan fingerprint density at radius 1 is 1.24 bits per heavy atom. The molecule has 17 heavy (non-hydrogen) atoms. The molecular formula is C12H16F3NS. The van der Waals surface area contributed by atoms with E-state index in [9.17, 15) is 13.2 Å². The second-order valence-corrected chi connectivity index (χ2v) is 5.10. The van der Waals surface area contributed by atoms with Crippen LogP contribution in [0.4, 0.5) is 18.9 Å². The van der Waals surface area contributed by atoms with E-state index in [1.807, 2.05) is 6.92 Å². The van der Waals surface area contributed by atoms with Crippen LogP contribution >= 0.6 is 11.8 Å². The first-order valence-corrected chi connectivity index (χ1v) is 6.60. The van der Waals surface area contributed by atoms with E-state index in [0.29, 0.717) is 0 Å². The first-order chi connectivity index (χ1) is 7.93. The minimum atomic E-state index is -4.26. The predicted molar refractivity (Wildman–Crippen MR) is 67.5 cm³/mol. The van der Waals surface area contributed by atoms with Crippen LogP contribution in [0.25, 0.3) is 0 Å². The van der Waals surface area contributed by atoms with Crippen LogP contribution in [-0.2, 0) is 6.18 Å². The van der Waals surface area contributed by atoms with Gasteiger partial charge in [-0.15, -0.1) is 0 Å². The van der Waals surface area contributed by atoms with Gasteiger partial charge in [-0.3, -0.25) is 0 Å². The van der Waals surface area contributed by atoms with Crippen molar-refractivity contribution in [2.75, 3.05) is 16.8 Å². The molecule has 0 aliphatic carbocycles. The summed E-state index contributed by atoms with van der Waals surface area (Å²) in [6, 6.07) is 5.38. The molecule has 0 saturated carbocycles. The largest absolute Gasteiger partial charge is 0.416 e. The molecule has 0 aromatic heterocycles. The third kappa shape index (κ3) is 4.89. The molecule has 1 aromatic carbocycles. The van der Waals surface area contributed by atoms with Crippen LogP contribution < -0.4 is 5.32 Å². The van der Waals surface area contributed by atoms with E-state index in [2.05, 4.69) is 12.2 Å². The number of rotatable bonds is 5. The Bertz CT molecular complexity index is 335. The zero-order valence-corrected chi connectivity index (χ0v) is 10.7. The number of anilines is 1. The summed E-state index contributed by atoms with van der Waals surface area (Å²) >= 11 is 1.80. The Hall–Kier alpha value is -0.840. The molecule has 0 spiro atoms. The molecule has 0 amide bonds. The van der Waals surface area contributed by atoms with Crippen molar-refractivity contribution >= 4 is 17.4 Å². The van der Waals surface area contributed by atoms with Gasteiger partial charge >= 0.3 is 6.18 Å². The van der Waals surface area contributed by atoms with E-state index in [4.69, 9.17) is 0 Å². The van der Waals surface area contributed by atoms with Gasteiger partial charge in [-0.1, -0.05) is 6.92 Å². The maximum Gasteiger partial charge on any atom is 0.416 e. The summed E-state index contributed by atoms with van der Waals surface area (Å²) in [4.78, 5) is 0. The van der Waals surface area contributed by atoms with E-state index in [1.165, 1.54) is 12.1 Å². The van der Waals surface area contributed by atoms with Crippen molar-refractivity contribution in [2.24, 2.45) is 0 Å². The zero-order valence-electron chi connectivity index (χ0n) is 9.84. The molecule has 0 radical (unpaired) electrons. The first-order valence-electron chi connectivity index (χ1n) is 5.45. The third-order valence-electron chi connectivity index (χ3n) is 2.20. The number of alkyl halides is 3. The van der Waals surface area contributed by atoms with Crippen molar-refractivity contribution in [3.8, 4) is 0 Å². The lowest BCUT2D eigenvalue weighted by Crippen LogP contribution is -2.18. The molecule has 0 heterocycles. The highest BCUT2D eigenvalue weighted by molar-refractivity contribution is 7.99. The monoisotopic (exact) mass is 263 g/mol. The highest BCUT2D eigenvalue weighted by atomic mass is 32.2. The molecule has 1 unspecified atom stereocenters. The van der Waals surface area contributed by atoms with Gasteiger partial charge in [0.15, 0.2) is 0 Å². The maximum atomic E-state index is 12.3. The molecular weight excluding hydrogens is 247 g/mol. The summed E-state index contributed by atoms with van der Waals surface area (Å²) in [7, 11) is 0. The second-order valence-electron chi connectivity index (χ2n) is 3.78. The van der Waals surface area contributed by atoms with Gasteiger partial charge in [-0.25, -0.2) is 0 Å². The number of benzene rings is 1. The zero-order chi connectivity index (χ0) is 12.9. The van der Waals surface area contributed by atoms with Gasteiger partial charge in [0.1, 0.15) is 0 Å². The van der Waals surface area contributed by atoms with Gasteiger partial charge in [-0.2, -0.15) is 24.9 Å². The van der Waals surface area contributed by atoms with Crippen molar-refractivity contribution < 1.29 is 13.2 Å². The Morgan fingerprint density at radius 2 is 1.82 bits per heavy atom. The maximum absolute atomic E-state index is 12.3. The van der Waals surface area contributed by atoms with Crippen molar-refractivity contribution in [1.82, 2.24) is 0 Å². The Labute approximate surface area is 104 Å². The van der Waals surface area contributed by atoms with Gasteiger partial charge < -0.3 is 5.32 Å². The first kappa shape index (κ1) is 14.2. The van der Waals surface area contributed by atoms with Gasteiger partial charge in [0.25, 0.3) is 0 Å². The van der Waals surface area contributed by atoms with Crippen LogP contribution in [0.3, 0.4) is 0 Å². The predicted octanol–water partition coefficient (Wildman–Crippen LogP) is 4.26. The number of nitrogens with one attached hydrogen (secondary N) is 1. The van der Waals surface area contributed by atoms with Crippen LogP contribution in [0.2, 0.25) is 0 Å². The van der Waals surface area contributed by atoms with Crippen LogP contribution in [0, 0.1) is 0 Å². The van der Waals surface area contributed by atoms with E-state index in [-0.39, 0.29) is 6.04 Å². The fourth-order valence-corrected chi connectivity index (χ4v) is 2.05. The number of halogens is 3. The van der Waals surface area contributed by atoms with Crippen molar-refractivity contribution in [3.63, 3.8) is 0 Å². The van der Waals surface area contributed by atoms with Crippen molar-refractivity contribution in [2.45, 2.75) is 26.1 Å². The summed E-state index contributed by atoms with van der Waals surface area (Å²) in [5.41, 5.74) is 0.112. The van der Waals surface area contributed by atoms with Crippen molar-refractivity contribution in [3.05, 3.63) is 29.8 Å². The molecule has 0 bridgehead atoms. The van der Waals surface area contributed by atoms with Gasteiger partial charge in [0.05, 0.1) is 5.56 Å². The normalized spacial score (nSPS) is 13.5. The number of hydrogen-bond donors (Lipinski definition) is 1. The standard InChI is InChI=1S/C12H16F3NS/c1-3-17-8-9(2)16-11-6-4-10(5-7-11)12(13,14)15/h4-7,9,16H,3,8H2,1-2H3. The summed E-state index contributed by atoms with van der Waals surface area (Å²) in [6.07, 6.45) is -4.26. The fraction of sp³-hybridized carbons (Fsp3) is 0.500.